The Bertz CT molecular complexity index is 3090. The number of ether oxygens (including phenoxy) is 1. The Morgan fingerprint density at radius 3 is 2.50 bits per heavy atom. The fourth-order valence-corrected chi connectivity index (χ4v) is 11.5. The van der Waals surface area contributed by atoms with Crippen LogP contribution in [0.2, 0.25) is 0 Å². The second-order valence-electron chi connectivity index (χ2n) is 21.5. The number of anilines is 1. The van der Waals surface area contributed by atoms with Gasteiger partial charge in [-0.2, -0.15) is 9.97 Å². The van der Waals surface area contributed by atoms with Crippen LogP contribution in [0.3, 0.4) is 0 Å². The molecule has 19 heteroatoms. The lowest BCUT2D eigenvalue weighted by atomic mass is 9.85. The largest absolute Gasteiger partial charge is 0.508 e. The topological polar surface area (TPSA) is 206 Å². The second-order valence-corrected chi connectivity index (χ2v) is 22.3. The number of carbonyl (C=O) groups excluding carboxylic acids is 3. The Hall–Kier alpha value is -6.41. The van der Waals surface area contributed by atoms with E-state index in [0.29, 0.717) is 79.4 Å². The van der Waals surface area contributed by atoms with Gasteiger partial charge in [0, 0.05) is 63.9 Å². The van der Waals surface area contributed by atoms with E-state index in [-0.39, 0.29) is 66.4 Å². The highest BCUT2D eigenvalue weighted by molar-refractivity contribution is 7.13. The number of phenolic OH excluding ortho intramolecular Hbond substituents is 1. The van der Waals surface area contributed by atoms with E-state index in [1.165, 1.54) is 35.4 Å². The quantitative estimate of drug-likeness (QED) is 0.0723. The number of carbonyl (C=O) groups is 3. The van der Waals surface area contributed by atoms with E-state index in [9.17, 15) is 29.7 Å². The number of hydrogen-bond acceptors (Lipinski definition) is 14. The van der Waals surface area contributed by atoms with Crippen LogP contribution in [0.5, 0.6) is 11.8 Å². The number of nitrogens with zero attached hydrogens (tertiary/aromatic N) is 7. The number of rotatable bonds is 14. The molecular formula is C55H65F2N9O7S. The van der Waals surface area contributed by atoms with Gasteiger partial charge in [0.25, 0.3) is 0 Å². The molecule has 74 heavy (non-hydrogen) atoms. The Balaban J connectivity index is 0.871. The summed E-state index contributed by atoms with van der Waals surface area (Å²) in [5.41, 5.74) is 3.24. The van der Waals surface area contributed by atoms with E-state index in [2.05, 4.69) is 25.6 Å². The second kappa shape index (κ2) is 21.1. The minimum atomic E-state index is -1.03. The lowest BCUT2D eigenvalue weighted by Crippen LogP contribution is -2.58. The number of phenols is 1. The van der Waals surface area contributed by atoms with Crippen molar-refractivity contribution in [3.05, 3.63) is 88.7 Å². The molecule has 0 saturated carbocycles. The predicted molar refractivity (Wildman–Crippen MR) is 280 cm³/mol. The van der Waals surface area contributed by atoms with Gasteiger partial charge in [0.2, 0.25) is 17.7 Å². The van der Waals surface area contributed by atoms with E-state index in [1.807, 2.05) is 74.2 Å². The molecule has 0 radical (unpaired) electrons. The van der Waals surface area contributed by atoms with Crippen molar-refractivity contribution >= 4 is 56.6 Å². The smallest absolute Gasteiger partial charge is 0.319 e. The van der Waals surface area contributed by atoms with Crippen molar-refractivity contribution in [2.45, 2.75) is 123 Å². The zero-order chi connectivity index (χ0) is 52.8. The first kappa shape index (κ1) is 52.5. The number of piperidine rings is 1. The number of amides is 3. The maximum atomic E-state index is 17.2. The molecule has 6 heterocycles. The molecule has 3 fully saturated rings. The van der Waals surface area contributed by atoms with Crippen LogP contribution >= 0.6 is 11.3 Å². The van der Waals surface area contributed by atoms with Gasteiger partial charge in [0.05, 0.1) is 39.2 Å². The molecule has 392 valence electrons. The predicted octanol–water partition coefficient (Wildman–Crippen LogP) is 7.39. The van der Waals surface area contributed by atoms with Gasteiger partial charge >= 0.3 is 6.01 Å². The minimum Gasteiger partial charge on any atom is -0.508 e. The van der Waals surface area contributed by atoms with Gasteiger partial charge in [-0.1, -0.05) is 58.0 Å². The van der Waals surface area contributed by atoms with Gasteiger partial charge in [-0.25, -0.2) is 13.8 Å². The van der Waals surface area contributed by atoms with Gasteiger partial charge in [0.1, 0.15) is 46.8 Å². The molecule has 3 aliphatic heterocycles. The standard InChI is InChI=1S/C55H65F2N9O7S/c1-8-38-41(56)15-14-34-22-35(67)23-39(44(34)38)46-45(57)47-40(25-58-46)50(65-19-9-18-55(7,72)28-65)63-53(62-47)73-37-16-20-64(27-37)21-17-43(69)61-49(54(4,5)6)52(71)66-26-36(68)24-42(66)51(70)60-30(2)32-10-12-33(13-11-32)48-31(3)59-29-74-48/h10-15,22-23,25,29-30,36-37,42,49,67-68,72H,8-9,16-21,24,26-28H2,1-7H3,(H,60,70)(H,61,69)/t30-,36+,37?,42-,49+,55+/m0/s1. The molecule has 6 aromatic rings. The summed E-state index contributed by atoms with van der Waals surface area (Å²) in [6, 6.07) is 11.2. The molecule has 0 aliphatic carbocycles. The Kier molecular flexibility index (Phi) is 14.9. The van der Waals surface area contributed by atoms with Crippen LogP contribution in [0, 0.1) is 24.0 Å². The molecular weight excluding hydrogens is 969 g/mol. The number of aryl methyl sites for hydroxylation is 2. The molecule has 6 atom stereocenters. The molecule has 3 aromatic carbocycles. The summed E-state index contributed by atoms with van der Waals surface area (Å²) in [5.74, 6) is -2.26. The first-order chi connectivity index (χ1) is 35.2. The SMILES string of the molecule is CCc1c(F)ccc2cc(O)cc(-c3ncc4c(N5CCC[C@@](C)(O)C5)nc(OC5CCN(CCC(=O)N[C@H](C(=O)N6C[C@H](O)C[C@H]6C(=O)N[C@@H](C)c6ccc(-c7scnc7C)cc6)C(C)(C)C)C5)nc4c3F)c12. The highest BCUT2D eigenvalue weighted by atomic mass is 32.1. The summed E-state index contributed by atoms with van der Waals surface area (Å²) < 4.78 is 38.8. The Labute approximate surface area is 433 Å². The summed E-state index contributed by atoms with van der Waals surface area (Å²) >= 11 is 1.56. The maximum Gasteiger partial charge on any atom is 0.319 e. The van der Waals surface area contributed by atoms with E-state index in [4.69, 9.17) is 9.72 Å². The van der Waals surface area contributed by atoms with Gasteiger partial charge in [-0.3, -0.25) is 24.3 Å². The average molecular weight is 1030 g/mol. The van der Waals surface area contributed by atoms with Crippen LogP contribution in [-0.4, -0.2) is 132 Å². The molecule has 3 aromatic heterocycles. The van der Waals surface area contributed by atoms with Gasteiger partial charge in [-0.05, 0) is 97.5 Å². The van der Waals surface area contributed by atoms with Crippen LogP contribution < -0.4 is 20.3 Å². The van der Waals surface area contributed by atoms with Crippen molar-refractivity contribution in [1.82, 2.24) is 40.4 Å². The van der Waals surface area contributed by atoms with Crippen LogP contribution in [-0.2, 0) is 20.8 Å². The lowest BCUT2D eigenvalue weighted by Gasteiger charge is -2.38. The highest BCUT2D eigenvalue weighted by Gasteiger charge is 2.45. The Morgan fingerprint density at radius 2 is 1.80 bits per heavy atom. The number of benzene rings is 3. The number of likely N-dealkylation sites (tertiary alicyclic amines) is 2. The third kappa shape index (κ3) is 11.0. The number of halogens is 2. The number of fused-ring (bicyclic) bond motifs is 2. The van der Waals surface area contributed by atoms with Crippen LogP contribution in [0.25, 0.3) is 43.4 Å². The van der Waals surface area contributed by atoms with E-state index >= 15 is 8.78 Å². The highest BCUT2D eigenvalue weighted by Crippen LogP contribution is 2.40. The molecule has 0 bridgehead atoms. The molecule has 3 saturated heterocycles. The number of aromatic nitrogens is 4. The van der Waals surface area contributed by atoms with Crippen molar-refractivity contribution in [1.29, 1.82) is 0 Å². The van der Waals surface area contributed by atoms with Crippen molar-refractivity contribution in [2.75, 3.05) is 44.2 Å². The van der Waals surface area contributed by atoms with Crippen molar-refractivity contribution < 1.29 is 43.2 Å². The summed E-state index contributed by atoms with van der Waals surface area (Å²) in [4.78, 5) is 66.6. The van der Waals surface area contributed by atoms with Crippen molar-refractivity contribution in [3.63, 3.8) is 0 Å². The number of pyridine rings is 1. The number of aliphatic hydroxyl groups is 2. The number of β-amino-alcohol motifs (C(OH)–C–C–N with tert-alkyl or cyclic N) is 2. The molecule has 3 aliphatic rings. The minimum absolute atomic E-state index is 0.0481. The molecule has 3 amide bonds. The molecule has 16 nitrogen and oxygen atoms in total. The first-order valence-corrected chi connectivity index (χ1v) is 26.3. The van der Waals surface area contributed by atoms with Crippen molar-refractivity contribution in [3.8, 4) is 33.5 Å². The Morgan fingerprint density at radius 1 is 1.03 bits per heavy atom. The van der Waals surface area contributed by atoms with E-state index < -0.39 is 58.8 Å². The zero-order valence-electron chi connectivity index (χ0n) is 42.9. The average Bonchev–Trinajstić information content (AvgIpc) is 4.11. The molecule has 0 spiro atoms. The summed E-state index contributed by atoms with van der Waals surface area (Å²) in [5, 5.41) is 39.8. The third-order valence-corrected chi connectivity index (χ3v) is 15.6. The lowest BCUT2D eigenvalue weighted by molar-refractivity contribution is -0.144. The van der Waals surface area contributed by atoms with Crippen LogP contribution in [0.4, 0.5) is 14.6 Å². The maximum absolute atomic E-state index is 17.2. The normalized spacial score (nSPS) is 21.3. The fraction of sp³-hybridized carbons (Fsp3) is 0.473. The number of aliphatic hydroxyl groups excluding tert-OH is 1. The van der Waals surface area contributed by atoms with E-state index in [0.717, 1.165) is 21.7 Å². The number of nitrogens with one attached hydrogen (secondary N) is 2. The zero-order valence-corrected chi connectivity index (χ0v) is 43.7. The van der Waals surface area contributed by atoms with Crippen molar-refractivity contribution in [2.24, 2.45) is 5.41 Å². The first-order valence-electron chi connectivity index (χ1n) is 25.4. The monoisotopic (exact) mass is 1030 g/mol. The van der Waals surface area contributed by atoms with Gasteiger partial charge < -0.3 is 40.5 Å². The molecule has 1 unspecified atom stereocenters. The number of aromatic hydroxyl groups is 1. The van der Waals surface area contributed by atoms with E-state index in [1.54, 1.807) is 25.2 Å². The van der Waals surface area contributed by atoms with Crippen LogP contribution in [0.1, 0.15) is 96.5 Å². The molecule has 5 N–H and O–H groups in total. The third-order valence-electron chi connectivity index (χ3n) is 14.6. The van der Waals surface area contributed by atoms with Gasteiger partial charge in [-0.15, -0.1) is 11.3 Å². The molecule has 9 rings (SSSR count). The number of thiazole rings is 1. The summed E-state index contributed by atoms with van der Waals surface area (Å²) in [6.07, 6.45) is 2.32. The summed E-state index contributed by atoms with van der Waals surface area (Å²) in [6.45, 7) is 14.9. The number of hydrogen-bond donors (Lipinski definition) is 5. The fourth-order valence-electron chi connectivity index (χ4n) is 10.7. The van der Waals surface area contributed by atoms with Gasteiger partial charge in [0.15, 0.2) is 5.82 Å². The van der Waals surface area contributed by atoms with Crippen LogP contribution in [0.15, 0.2) is 60.2 Å². The summed E-state index contributed by atoms with van der Waals surface area (Å²) in [7, 11) is 0.